The molecule has 2 atom stereocenters. The van der Waals surface area contributed by atoms with Crippen molar-refractivity contribution in [2.45, 2.75) is 51.0 Å². The number of nitrogens with two attached hydrogens (primary N) is 1. The van der Waals surface area contributed by atoms with Gasteiger partial charge in [0.15, 0.2) is 0 Å². The molecule has 0 amide bonds. The number of hydrogen-bond acceptors (Lipinski definition) is 5. The van der Waals surface area contributed by atoms with E-state index in [-0.39, 0.29) is 18.4 Å². The summed E-state index contributed by atoms with van der Waals surface area (Å²) in [6.07, 6.45) is 5.56. The predicted octanol–water partition coefficient (Wildman–Crippen LogP) is 3.73. The summed E-state index contributed by atoms with van der Waals surface area (Å²) < 4.78 is 5.91. The minimum atomic E-state index is -0.736. The first-order valence-corrected chi connectivity index (χ1v) is 10.8. The Labute approximate surface area is 182 Å². The fourth-order valence-electron chi connectivity index (χ4n) is 3.95. The first-order valence-electron chi connectivity index (χ1n) is 10.4. The monoisotopic (exact) mass is 427 g/mol. The Morgan fingerprint density at radius 3 is 2.90 bits per heavy atom. The highest BCUT2D eigenvalue weighted by Gasteiger charge is 2.24. The van der Waals surface area contributed by atoms with Crippen LogP contribution in [-0.2, 0) is 11.2 Å². The summed E-state index contributed by atoms with van der Waals surface area (Å²) in [5, 5.41) is 12.6. The lowest BCUT2D eigenvalue weighted by atomic mass is 9.98. The average Bonchev–Trinajstić information content (AvgIpc) is 3.12. The third kappa shape index (κ3) is 5.77. The molecular weight excluding hydrogens is 398 g/mol. The van der Waals surface area contributed by atoms with Crippen LogP contribution in [-0.4, -0.2) is 34.2 Å². The van der Waals surface area contributed by atoms with Gasteiger partial charge in [-0.3, -0.25) is 9.78 Å². The fraction of sp³-hybridized carbons (Fsp3) is 0.435. The summed E-state index contributed by atoms with van der Waals surface area (Å²) in [5.41, 5.74) is 9.76. The van der Waals surface area contributed by atoms with Crippen molar-refractivity contribution >= 4 is 23.2 Å². The summed E-state index contributed by atoms with van der Waals surface area (Å²) in [6, 6.07) is 10.1. The van der Waals surface area contributed by atoms with Crippen LogP contribution in [0.2, 0.25) is 0 Å². The number of nitrogens with zero attached hydrogens (tertiary/aromatic N) is 1. The van der Waals surface area contributed by atoms with Crippen molar-refractivity contribution in [2.24, 2.45) is 5.73 Å². The molecule has 0 saturated carbocycles. The number of carboxylic acids is 1. The van der Waals surface area contributed by atoms with Gasteiger partial charge in [-0.15, -0.1) is 0 Å². The molecule has 0 fully saturated rings. The standard InChI is InChI=1S/C23H29N3O3S/c1-2-20(21-9-6-17(14-26-21)23(24)30)25-10-3-11-29-18-7-8-19-15(12-18)4-5-16(19)13-22(27)28/h6-9,12,14,16,20,25H,2-5,10-11,13H2,1H3,(H2,24,30)(H,27,28)/t16-,20?/m0/s1. The zero-order valence-corrected chi connectivity index (χ0v) is 18.1. The highest BCUT2D eigenvalue weighted by atomic mass is 32.1. The highest BCUT2D eigenvalue weighted by Crippen LogP contribution is 2.37. The van der Waals surface area contributed by atoms with Gasteiger partial charge >= 0.3 is 5.97 Å². The molecule has 0 aliphatic heterocycles. The van der Waals surface area contributed by atoms with E-state index in [0.717, 1.165) is 54.8 Å². The fourth-order valence-corrected chi connectivity index (χ4v) is 4.07. The van der Waals surface area contributed by atoms with Crippen LogP contribution in [0.25, 0.3) is 0 Å². The average molecular weight is 428 g/mol. The van der Waals surface area contributed by atoms with Crippen LogP contribution >= 0.6 is 12.2 Å². The van der Waals surface area contributed by atoms with Gasteiger partial charge in [0.25, 0.3) is 0 Å². The largest absolute Gasteiger partial charge is 0.494 e. The zero-order valence-electron chi connectivity index (χ0n) is 17.3. The molecule has 0 radical (unpaired) electrons. The first-order chi connectivity index (χ1) is 14.5. The molecule has 6 nitrogen and oxygen atoms in total. The second-order valence-electron chi connectivity index (χ2n) is 7.65. The molecule has 0 bridgehead atoms. The van der Waals surface area contributed by atoms with E-state index < -0.39 is 5.97 Å². The summed E-state index contributed by atoms with van der Waals surface area (Å²) in [5.74, 6) is 0.247. The molecular formula is C23H29N3O3S. The van der Waals surface area contributed by atoms with Crippen molar-refractivity contribution in [3.8, 4) is 5.75 Å². The van der Waals surface area contributed by atoms with Gasteiger partial charge in [0.2, 0.25) is 0 Å². The molecule has 30 heavy (non-hydrogen) atoms. The van der Waals surface area contributed by atoms with Crippen LogP contribution in [0.1, 0.15) is 67.0 Å². The molecule has 2 aromatic rings. The summed E-state index contributed by atoms with van der Waals surface area (Å²) in [6.45, 7) is 3.57. The molecule has 1 aliphatic rings. The second-order valence-corrected chi connectivity index (χ2v) is 8.09. The van der Waals surface area contributed by atoms with E-state index in [4.69, 9.17) is 27.8 Å². The number of aliphatic carboxylic acids is 1. The van der Waals surface area contributed by atoms with E-state index in [1.807, 2.05) is 24.3 Å². The van der Waals surface area contributed by atoms with Crippen LogP contribution in [0.3, 0.4) is 0 Å². The van der Waals surface area contributed by atoms with Gasteiger partial charge in [-0.05, 0) is 73.5 Å². The molecule has 0 saturated heterocycles. The van der Waals surface area contributed by atoms with Crippen LogP contribution in [0.4, 0.5) is 0 Å². The number of carbonyl (C=O) groups is 1. The number of fused-ring (bicyclic) bond motifs is 1. The van der Waals surface area contributed by atoms with Crippen LogP contribution < -0.4 is 15.8 Å². The Morgan fingerprint density at radius 2 is 2.23 bits per heavy atom. The van der Waals surface area contributed by atoms with Gasteiger partial charge in [0, 0.05) is 17.8 Å². The van der Waals surface area contributed by atoms with Gasteiger partial charge < -0.3 is 20.9 Å². The van der Waals surface area contributed by atoms with E-state index in [9.17, 15) is 4.79 Å². The summed E-state index contributed by atoms with van der Waals surface area (Å²) in [7, 11) is 0. The van der Waals surface area contributed by atoms with Gasteiger partial charge in [-0.2, -0.15) is 0 Å². The molecule has 1 heterocycles. The normalized spacial score (nSPS) is 16.1. The Morgan fingerprint density at radius 1 is 1.40 bits per heavy atom. The number of nitrogens with one attached hydrogen (secondary N) is 1. The number of pyridine rings is 1. The third-order valence-electron chi connectivity index (χ3n) is 5.55. The molecule has 1 aliphatic carbocycles. The highest BCUT2D eigenvalue weighted by molar-refractivity contribution is 7.80. The third-order valence-corrected chi connectivity index (χ3v) is 5.79. The van der Waals surface area contributed by atoms with Gasteiger partial charge in [-0.25, -0.2) is 0 Å². The van der Waals surface area contributed by atoms with Crippen LogP contribution in [0.5, 0.6) is 5.75 Å². The van der Waals surface area contributed by atoms with Crippen molar-refractivity contribution < 1.29 is 14.6 Å². The van der Waals surface area contributed by atoms with Crippen molar-refractivity contribution in [1.82, 2.24) is 10.3 Å². The lowest BCUT2D eigenvalue weighted by Gasteiger charge is -2.17. The maximum Gasteiger partial charge on any atom is 0.303 e. The predicted molar refractivity (Wildman–Crippen MR) is 121 cm³/mol. The Hall–Kier alpha value is -2.51. The molecule has 1 aromatic heterocycles. The van der Waals surface area contributed by atoms with E-state index >= 15 is 0 Å². The van der Waals surface area contributed by atoms with Crippen molar-refractivity contribution in [3.63, 3.8) is 0 Å². The molecule has 3 rings (SSSR count). The molecule has 1 unspecified atom stereocenters. The number of benzene rings is 1. The number of thiocarbonyl (C=S) groups is 1. The zero-order chi connectivity index (χ0) is 21.5. The van der Waals surface area contributed by atoms with Crippen molar-refractivity contribution in [1.29, 1.82) is 0 Å². The van der Waals surface area contributed by atoms with E-state index in [1.54, 1.807) is 6.20 Å². The Balaban J connectivity index is 1.43. The molecule has 0 spiro atoms. The topological polar surface area (TPSA) is 97.5 Å². The number of aryl methyl sites for hydroxylation is 1. The van der Waals surface area contributed by atoms with Crippen LogP contribution in [0, 0.1) is 0 Å². The lowest BCUT2D eigenvalue weighted by molar-refractivity contribution is -0.137. The summed E-state index contributed by atoms with van der Waals surface area (Å²) in [4.78, 5) is 15.8. The molecule has 4 N–H and O–H groups in total. The van der Waals surface area contributed by atoms with E-state index in [1.165, 1.54) is 5.56 Å². The second kappa shape index (κ2) is 10.5. The van der Waals surface area contributed by atoms with E-state index in [2.05, 4.69) is 23.3 Å². The minimum absolute atomic E-state index is 0.129. The number of aromatic nitrogens is 1. The number of ether oxygens (including phenoxy) is 1. The minimum Gasteiger partial charge on any atom is -0.494 e. The number of carboxylic acid groups (broad SMARTS) is 1. The van der Waals surface area contributed by atoms with E-state index in [0.29, 0.717) is 11.6 Å². The van der Waals surface area contributed by atoms with Gasteiger partial charge in [0.05, 0.1) is 18.7 Å². The van der Waals surface area contributed by atoms with Crippen molar-refractivity contribution in [2.75, 3.05) is 13.2 Å². The molecule has 1 aromatic carbocycles. The van der Waals surface area contributed by atoms with Gasteiger partial charge in [0.1, 0.15) is 10.7 Å². The maximum absolute atomic E-state index is 11.0. The number of rotatable bonds is 11. The van der Waals surface area contributed by atoms with Crippen LogP contribution in [0.15, 0.2) is 36.5 Å². The summed E-state index contributed by atoms with van der Waals surface area (Å²) >= 11 is 4.97. The maximum atomic E-state index is 11.0. The Kier molecular flexibility index (Phi) is 7.76. The lowest BCUT2D eigenvalue weighted by Crippen LogP contribution is -2.24. The number of hydrogen-bond donors (Lipinski definition) is 3. The Bertz CT molecular complexity index is 886. The van der Waals surface area contributed by atoms with Crippen molar-refractivity contribution in [3.05, 3.63) is 58.9 Å². The quantitative estimate of drug-likeness (QED) is 0.371. The first kappa shape index (κ1) is 22.2. The molecule has 7 heteroatoms. The van der Waals surface area contributed by atoms with Gasteiger partial charge in [-0.1, -0.05) is 25.2 Å². The SMILES string of the molecule is CCC(NCCCOc1ccc2c(c1)CC[C@H]2CC(=O)O)c1ccc(C(N)=S)cn1. The molecule has 160 valence electrons. The smallest absolute Gasteiger partial charge is 0.303 e.